The zero-order chi connectivity index (χ0) is 21.6. The van der Waals surface area contributed by atoms with Gasteiger partial charge in [0.05, 0.1) is 19.1 Å². The minimum absolute atomic E-state index is 0.0116. The highest BCUT2D eigenvalue weighted by molar-refractivity contribution is 7.80. The fourth-order valence-corrected chi connectivity index (χ4v) is 3.55. The summed E-state index contributed by atoms with van der Waals surface area (Å²) in [4.78, 5) is 47.4. The number of fused-ring (bicyclic) bond motifs is 1. The largest absolute Gasteiger partial charge is 0.480 e. The molecule has 1 aliphatic heterocycles. The van der Waals surface area contributed by atoms with E-state index in [-0.39, 0.29) is 37.5 Å². The monoisotopic (exact) mass is 426 g/mol. The standard InChI is InChI=1S/C18H26N4O6S/c19-12(18(27)28)1-2-15(25)21-13(9-29)17(26)20-7-14(24)11-4-6-22-5-3-10(8-23)16(11)22/h3,5,11-13,23,29H,1-2,4,6-9,19H2,(H,20,26)(H,21,25)(H,27,28)/t11-,12-,13-/m0/s1. The number of hydrogen-bond donors (Lipinski definition) is 6. The summed E-state index contributed by atoms with van der Waals surface area (Å²) in [6, 6.07) is -0.341. The molecule has 2 amide bonds. The molecule has 3 atom stereocenters. The zero-order valence-electron chi connectivity index (χ0n) is 15.8. The van der Waals surface area contributed by atoms with Gasteiger partial charge in [0.2, 0.25) is 11.8 Å². The number of aliphatic hydroxyl groups is 1. The van der Waals surface area contributed by atoms with Crippen molar-refractivity contribution in [2.75, 3.05) is 12.3 Å². The van der Waals surface area contributed by atoms with Crippen LogP contribution in [0.5, 0.6) is 0 Å². The van der Waals surface area contributed by atoms with Crippen LogP contribution in [0.15, 0.2) is 12.3 Å². The fourth-order valence-electron chi connectivity index (χ4n) is 3.29. The number of carbonyl (C=O) groups is 4. The molecular formula is C18H26N4O6S. The van der Waals surface area contributed by atoms with Gasteiger partial charge in [0, 0.05) is 30.6 Å². The maximum absolute atomic E-state index is 12.6. The molecule has 0 radical (unpaired) electrons. The van der Waals surface area contributed by atoms with Gasteiger partial charge in [-0.3, -0.25) is 19.2 Å². The van der Waals surface area contributed by atoms with E-state index in [9.17, 15) is 24.3 Å². The number of Topliss-reactive ketones (excluding diaryl/α,β-unsaturated/α-hetero) is 1. The molecule has 1 aromatic rings. The number of hydrogen-bond acceptors (Lipinski definition) is 7. The third kappa shape index (κ3) is 5.81. The average Bonchev–Trinajstić information content (AvgIpc) is 3.29. The lowest BCUT2D eigenvalue weighted by Gasteiger charge is -2.17. The molecule has 2 rings (SSSR count). The van der Waals surface area contributed by atoms with Crippen LogP contribution < -0.4 is 16.4 Å². The van der Waals surface area contributed by atoms with Gasteiger partial charge in [-0.1, -0.05) is 0 Å². The number of carbonyl (C=O) groups excluding carboxylic acids is 3. The molecule has 0 saturated heterocycles. The normalized spacial score (nSPS) is 17.3. The minimum Gasteiger partial charge on any atom is -0.480 e. The van der Waals surface area contributed by atoms with Gasteiger partial charge in [-0.15, -0.1) is 0 Å². The predicted octanol–water partition coefficient (Wildman–Crippen LogP) is -1.24. The molecular weight excluding hydrogens is 400 g/mol. The molecule has 0 bridgehead atoms. The second kappa shape index (κ2) is 10.4. The summed E-state index contributed by atoms with van der Waals surface area (Å²) in [5, 5.41) is 23.1. The molecule has 0 aliphatic carbocycles. The molecule has 0 saturated carbocycles. The molecule has 29 heavy (non-hydrogen) atoms. The van der Waals surface area contributed by atoms with Crippen LogP contribution in [0.2, 0.25) is 0 Å². The summed E-state index contributed by atoms with van der Waals surface area (Å²) in [6.45, 7) is 0.314. The van der Waals surface area contributed by atoms with Crippen molar-refractivity contribution >= 4 is 36.2 Å². The second-order valence-electron chi connectivity index (χ2n) is 6.89. The van der Waals surface area contributed by atoms with E-state index in [1.807, 2.05) is 10.8 Å². The Bertz CT molecular complexity index is 780. The van der Waals surface area contributed by atoms with Gasteiger partial charge in [-0.05, 0) is 24.5 Å². The Morgan fingerprint density at radius 3 is 2.69 bits per heavy atom. The molecule has 0 aromatic carbocycles. The number of amides is 2. The maximum atomic E-state index is 12.6. The number of carboxylic acids is 1. The van der Waals surface area contributed by atoms with E-state index in [4.69, 9.17) is 10.8 Å². The smallest absolute Gasteiger partial charge is 0.320 e. The van der Waals surface area contributed by atoms with Crippen LogP contribution in [0.25, 0.3) is 0 Å². The SMILES string of the molecule is N[C@@H](CCC(=O)N[C@@H](CS)C(=O)NCC(=O)[C@@H]1CCn2ccc(CO)c21)C(=O)O. The quantitative estimate of drug-likeness (QED) is 0.241. The number of aliphatic carboxylic acids is 1. The first-order valence-electron chi connectivity index (χ1n) is 9.26. The number of aryl methyl sites for hydroxylation is 1. The third-order valence-electron chi connectivity index (χ3n) is 4.91. The number of nitrogens with zero attached hydrogens (tertiary/aromatic N) is 1. The van der Waals surface area contributed by atoms with Crippen molar-refractivity contribution in [1.29, 1.82) is 0 Å². The molecule has 10 nitrogen and oxygen atoms in total. The van der Waals surface area contributed by atoms with Gasteiger partial charge in [-0.2, -0.15) is 12.6 Å². The predicted molar refractivity (Wildman–Crippen MR) is 106 cm³/mol. The molecule has 1 aromatic heterocycles. The van der Waals surface area contributed by atoms with E-state index >= 15 is 0 Å². The van der Waals surface area contributed by atoms with Crippen molar-refractivity contribution in [3.8, 4) is 0 Å². The van der Waals surface area contributed by atoms with Crippen LogP contribution in [-0.4, -0.2) is 62.7 Å². The number of rotatable bonds is 11. The summed E-state index contributed by atoms with van der Waals surface area (Å²) < 4.78 is 1.93. The molecule has 160 valence electrons. The van der Waals surface area contributed by atoms with E-state index in [0.717, 1.165) is 5.69 Å². The molecule has 1 aliphatic rings. The van der Waals surface area contributed by atoms with Crippen LogP contribution in [0, 0.1) is 0 Å². The number of nitrogens with one attached hydrogen (secondary N) is 2. The lowest BCUT2D eigenvalue weighted by Crippen LogP contribution is -2.49. The highest BCUT2D eigenvalue weighted by atomic mass is 32.1. The van der Waals surface area contributed by atoms with Gasteiger partial charge in [0.15, 0.2) is 5.78 Å². The van der Waals surface area contributed by atoms with Crippen LogP contribution in [0.3, 0.4) is 0 Å². The molecule has 0 fully saturated rings. The number of thiol groups is 1. The maximum Gasteiger partial charge on any atom is 0.320 e. The van der Waals surface area contributed by atoms with Crippen LogP contribution >= 0.6 is 12.6 Å². The Hall–Kier alpha value is -2.37. The van der Waals surface area contributed by atoms with E-state index in [1.165, 1.54) is 0 Å². The van der Waals surface area contributed by atoms with Crippen molar-refractivity contribution in [2.24, 2.45) is 5.73 Å². The van der Waals surface area contributed by atoms with E-state index in [0.29, 0.717) is 18.5 Å². The first kappa shape index (κ1) is 22.9. The molecule has 0 unspecified atom stereocenters. The van der Waals surface area contributed by atoms with Gasteiger partial charge in [0.1, 0.15) is 12.1 Å². The van der Waals surface area contributed by atoms with Gasteiger partial charge >= 0.3 is 5.97 Å². The number of carboxylic acid groups (broad SMARTS) is 1. The zero-order valence-corrected chi connectivity index (χ0v) is 16.7. The number of nitrogens with two attached hydrogens (primary N) is 1. The summed E-state index contributed by atoms with van der Waals surface area (Å²) in [6.07, 6.45) is 2.23. The first-order valence-corrected chi connectivity index (χ1v) is 9.89. The van der Waals surface area contributed by atoms with Gasteiger partial charge in [-0.25, -0.2) is 0 Å². The van der Waals surface area contributed by atoms with Crippen molar-refractivity contribution < 1.29 is 29.4 Å². The highest BCUT2D eigenvalue weighted by Gasteiger charge is 2.31. The fraction of sp³-hybridized carbons (Fsp3) is 0.556. The van der Waals surface area contributed by atoms with E-state index in [1.54, 1.807) is 6.07 Å². The molecule has 11 heteroatoms. The minimum atomic E-state index is -1.21. The van der Waals surface area contributed by atoms with Gasteiger partial charge in [0.25, 0.3) is 0 Å². The second-order valence-corrected chi connectivity index (χ2v) is 7.25. The Labute approximate surface area is 173 Å². The Morgan fingerprint density at radius 2 is 2.07 bits per heavy atom. The summed E-state index contributed by atoms with van der Waals surface area (Å²) in [5.41, 5.74) is 6.83. The Kier molecular flexibility index (Phi) is 8.23. The summed E-state index contributed by atoms with van der Waals surface area (Å²) in [7, 11) is 0. The highest BCUT2D eigenvalue weighted by Crippen LogP contribution is 2.32. The van der Waals surface area contributed by atoms with E-state index < -0.39 is 35.8 Å². The van der Waals surface area contributed by atoms with Crippen LogP contribution in [0.1, 0.15) is 36.4 Å². The molecule has 6 N–H and O–H groups in total. The summed E-state index contributed by atoms with van der Waals surface area (Å²) >= 11 is 4.05. The van der Waals surface area contributed by atoms with Crippen molar-refractivity contribution in [2.45, 2.75) is 50.4 Å². The summed E-state index contributed by atoms with van der Waals surface area (Å²) in [5.74, 6) is -2.85. The lowest BCUT2D eigenvalue weighted by atomic mass is 9.96. The number of aromatic nitrogens is 1. The van der Waals surface area contributed by atoms with Gasteiger partial charge < -0.3 is 31.1 Å². The number of aliphatic hydroxyl groups excluding tert-OH is 1. The first-order chi connectivity index (χ1) is 13.8. The molecule has 2 heterocycles. The van der Waals surface area contributed by atoms with Crippen molar-refractivity contribution in [1.82, 2.24) is 15.2 Å². The number of ketones is 1. The topological polar surface area (TPSA) is 164 Å². The van der Waals surface area contributed by atoms with Crippen LogP contribution in [-0.2, 0) is 32.3 Å². The Balaban J connectivity index is 1.84. The van der Waals surface area contributed by atoms with Crippen molar-refractivity contribution in [3.63, 3.8) is 0 Å². The third-order valence-corrected chi connectivity index (χ3v) is 5.28. The average molecular weight is 426 g/mol. The Morgan fingerprint density at radius 1 is 1.34 bits per heavy atom. The van der Waals surface area contributed by atoms with Crippen LogP contribution in [0.4, 0.5) is 0 Å². The van der Waals surface area contributed by atoms with E-state index in [2.05, 4.69) is 23.3 Å². The van der Waals surface area contributed by atoms with Crippen molar-refractivity contribution in [3.05, 3.63) is 23.5 Å². The molecule has 0 spiro atoms. The lowest BCUT2D eigenvalue weighted by molar-refractivity contribution is -0.138.